The van der Waals surface area contributed by atoms with E-state index in [1.165, 1.54) is 17.1 Å². The molecule has 0 bridgehead atoms. The van der Waals surface area contributed by atoms with Crippen molar-refractivity contribution in [2.24, 2.45) is 0 Å². The highest BCUT2D eigenvalue weighted by atomic mass is 32.2. The molecule has 1 aromatic rings. The highest BCUT2D eigenvalue weighted by molar-refractivity contribution is 8.00. The van der Waals surface area contributed by atoms with Crippen molar-refractivity contribution in [1.82, 2.24) is 10.3 Å². The Balaban J connectivity index is 2.01. The van der Waals surface area contributed by atoms with Crippen molar-refractivity contribution < 1.29 is 0 Å². The summed E-state index contributed by atoms with van der Waals surface area (Å²) in [4.78, 5) is 7.15. The number of rotatable bonds is 6. The molecule has 0 saturated carbocycles. The van der Waals surface area contributed by atoms with E-state index in [1.807, 2.05) is 6.20 Å². The number of nitrogens with zero attached hydrogens (tertiary/aromatic N) is 2. The average molecular weight is 293 g/mol. The zero-order valence-electron chi connectivity index (χ0n) is 12.9. The fourth-order valence-electron chi connectivity index (χ4n) is 2.62. The summed E-state index contributed by atoms with van der Waals surface area (Å²) in [6.07, 6.45) is 4.30. The molecule has 0 amide bonds. The van der Waals surface area contributed by atoms with Gasteiger partial charge in [0.15, 0.2) is 0 Å². The van der Waals surface area contributed by atoms with Gasteiger partial charge in [-0.25, -0.2) is 0 Å². The number of nitrogens with one attached hydrogen (secondary N) is 1. The minimum absolute atomic E-state index is 0.389. The van der Waals surface area contributed by atoms with Crippen molar-refractivity contribution >= 4 is 17.4 Å². The van der Waals surface area contributed by atoms with Gasteiger partial charge in [-0.3, -0.25) is 4.98 Å². The van der Waals surface area contributed by atoms with Crippen LogP contribution in [0.4, 0.5) is 5.69 Å². The summed E-state index contributed by atoms with van der Waals surface area (Å²) in [6.45, 7) is 10.1. The Kier molecular flexibility index (Phi) is 6.17. The second kappa shape index (κ2) is 7.89. The van der Waals surface area contributed by atoms with Crippen LogP contribution in [-0.2, 0) is 0 Å². The van der Waals surface area contributed by atoms with Gasteiger partial charge >= 0.3 is 0 Å². The van der Waals surface area contributed by atoms with E-state index in [0.717, 1.165) is 37.7 Å². The van der Waals surface area contributed by atoms with Crippen LogP contribution in [0, 0.1) is 0 Å². The van der Waals surface area contributed by atoms with Crippen molar-refractivity contribution in [1.29, 1.82) is 0 Å². The van der Waals surface area contributed by atoms with Crippen molar-refractivity contribution in [2.45, 2.75) is 44.9 Å². The van der Waals surface area contributed by atoms with Gasteiger partial charge in [-0.15, -0.1) is 0 Å². The normalized spacial score (nSPS) is 20.9. The maximum atomic E-state index is 4.69. The number of aromatic nitrogens is 1. The molecule has 112 valence electrons. The van der Waals surface area contributed by atoms with Gasteiger partial charge in [-0.05, 0) is 31.5 Å². The van der Waals surface area contributed by atoms with Crippen LogP contribution in [-0.4, -0.2) is 35.6 Å². The summed E-state index contributed by atoms with van der Waals surface area (Å²) in [7, 11) is 0. The molecule has 1 aliphatic heterocycles. The van der Waals surface area contributed by atoms with Gasteiger partial charge in [0, 0.05) is 30.1 Å². The number of hydrogen-bond acceptors (Lipinski definition) is 4. The molecule has 0 aliphatic carbocycles. The van der Waals surface area contributed by atoms with Crippen LogP contribution in [0.2, 0.25) is 0 Å². The lowest BCUT2D eigenvalue weighted by Gasteiger charge is -2.32. The molecule has 2 unspecified atom stereocenters. The van der Waals surface area contributed by atoms with Gasteiger partial charge in [-0.1, -0.05) is 20.8 Å². The molecule has 2 rings (SSSR count). The number of pyridine rings is 1. The molecule has 1 aromatic heterocycles. The first-order valence-corrected chi connectivity index (χ1v) is 8.85. The average Bonchev–Trinajstić information content (AvgIpc) is 2.49. The van der Waals surface area contributed by atoms with E-state index in [9.17, 15) is 0 Å². The lowest BCUT2D eigenvalue weighted by atomic mass is 10.1. The first-order valence-electron chi connectivity index (χ1n) is 7.80. The zero-order chi connectivity index (χ0) is 14.4. The SMILES string of the molecule is CCCNC(CC)c1ccc(N2CCSC(C)C2)cn1. The molecule has 2 heterocycles. The van der Waals surface area contributed by atoms with Crippen molar-refractivity contribution in [3.05, 3.63) is 24.0 Å². The number of hydrogen-bond donors (Lipinski definition) is 1. The van der Waals surface area contributed by atoms with Crippen molar-refractivity contribution in [3.63, 3.8) is 0 Å². The minimum atomic E-state index is 0.389. The third-order valence-corrected chi connectivity index (χ3v) is 4.92. The van der Waals surface area contributed by atoms with Crippen LogP contribution in [0.1, 0.15) is 45.3 Å². The summed E-state index contributed by atoms with van der Waals surface area (Å²) in [5.74, 6) is 1.22. The fraction of sp³-hybridized carbons (Fsp3) is 0.688. The monoisotopic (exact) mass is 293 g/mol. The Morgan fingerprint density at radius 1 is 1.45 bits per heavy atom. The maximum Gasteiger partial charge on any atom is 0.0574 e. The summed E-state index contributed by atoms with van der Waals surface area (Å²) >= 11 is 2.07. The maximum absolute atomic E-state index is 4.69. The topological polar surface area (TPSA) is 28.2 Å². The first-order chi connectivity index (χ1) is 9.74. The summed E-state index contributed by atoms with van der Waals surface area (Å²) < 4.78 is 0. The molecule has 2 atom stereocenters. The molecule has 0 spiro atoms. The lowest BCUT2D eigenvalue weighted by Crippen LogP contribution is -2.36. The Hall–Kier alpha value is -0.740. The molecule has 1 fully saturated rings. The first kappa shape index (κ1) is 15.6. The third kappa shape index (κ3) is 4.13. The smallest absolute Gasteiger partial charge is 0.0574 e. The molecule has 0 radical (unpaired) electrons. The van der Waals surface area contributed by atoms with E-state index < -0.39 is 0 Å². The second-order valence-electron chi connectivity index (χ2n) is 5.48. The Morgan fingerprint density at radius 2 is 2.30 bits per heavy atom. The fourth-order valence-corrected chi connectivity index (χ4v) is 3.63. The van der Waals surface area contributed by atoms with Crippen molar-refractivity contribution in [2.75, 3.05) is 30.3 Å². The number of anilines is 1. The lowest BCUT2D eigenvalue weighted by molar-refractivity contribution is 0.507. The minimum Gasteiger partial charge on any atom is -0.368 e. The quantitative estimate of drug-likeness (QED) is 0.869. The molecule has 20 heavy (non-hydrogen) atoms. The molecule has 1 saturated heterocycles. The zero-order valence-corrected chi connectivity index (χ0v) is 13.7. The number of thioether (sulfide) groups is 1. The van der Waals surface area contributed by atoms with E-state index >= 15 is 0 Å². The van der Waals surface area contributed by atoms with Crippen LogP contribution in [0.15, 0.2) is 18.3 Å². The molecule has 4 heteroatoms. The summed E-state index contributed by atoms with van der Waals surface area (Å²) in [5, 5.41) is 4.28. The largest absolute Gasteiger partial charge is 0.368 e. The van der Waals surface area contributed by atoms with E-state index in [2.05, 4.69) is 54.9 Å². The van der Waals surface area contributed by atoms with Gasteiger partial charge in [0.1, 0.15) is 0 Å². The highest BCUT2D eigenvalue weighted by Crippen LogP contribution is 2.24. The molecule has 1 N–H and O–H groups in total. The van der Waals surface area contributed by atoms with E-state index in [4.69, 9.17) is 4.98 Å². The molecular weight excluding hydrogens is 266 g/mol. The molecule has 3 nitrogen and oxygen atoms in total. The van der Waals surface area contributed by atoms with Gasteiger partial charge in [0.05, 0.1) is 17.6 Å². The standard InChI is InChI=1S/C16H27N3S/c1-4-8-17-15(5-2)16-7-6-14(11-18-16)19-9-10-20-13(3)12-19/h6-7,11,13,15,17H,4-5,8-10,12H2,1-3H3. The predicted molar refractivity (Wildman–Crippen MR) is 89.7 cm³/mol. The third-order valence-electron chi connectivity index (χ3n) is 3.78. The van der Waals surface area contributed by atoms with Gasteiger partial charge in [0.25, 0.3) is 0 Å². The van der Waals surface area contributed by atoms with Crippen LogP contribution < -0.4 is 10.2 Å². The van der Waals surface area contributed by atoms with Gasteiger partial charge < -0.3 is 10.2 Å². The second-order valence-corrected chi connectivity index (χ2v) is 7.03. The van der Waals surface area contributed by atoms with Crippen LogP contribution in [0.25, 0.3) is 0 Å². The Bertz CT molecular complexity index is 393. The molecule has 0 aromatic carbocycles. The van der Waals surface area contributed by atoms with Crippen LogP contribution in [0.5, 0.6) is 0 Å². The van der Waals surface area contributed by atoms with Crippen LogP contribution in [0.3, 0.4) is 0 Å². The Labute approximate surface area is 127 Å². The van der Waals surface area contributed by atoms with Gasteiger partial charge in [-0.2, -0.15) is 11.8 Å². The summed E-state index contributed by atoms with van der Waals surface area (Å²) in [6, 6.07) is 4.82. The predicted octanol–water partition coefficient (Wildman–Crippen LogP) is 3.47. The van der Waals surface area contributed by atoms with E-state index in [0.29, 0.717) is 6.04 Å². The molecule has 1 aliphatic rings. The highest BCUT2D eigenvalue weighted by Gasteiger charge is 2.17. The molecular formula is C16H27N3S. The van der Waals surface area contributed by atoms with Crippen LogP contribution >= 0.6 is 11.8 Å². The summed E-state index contributed by atoms with van der Waals surface area (Å²) in [5.41, 5.74) is 2.44. The van der Waals surface area contributed by atoms with E-state index in [-0.39, 0.29) is 0 Å². The van der Waals surface area contributed by atoms with Gasteiger partial charge in [0.2, 0.25) is 0 Å². The van der Waals surface area contributed by atoms with Crippen molar-refractivity contribution in [3.8, 4) is 0 Å². The Morgan fingerprint density at radius 3 is 2.90 bits per heavy atom. The van der Waals surface area contributed by atoms with E-state index in [1.54, 1.807) is 0 Å².